The number of aryl methyl sites for hydroxylation is 1. The molecular formula is C13H19NO2. The lowest BCUT2D eigenvalue weighted by molar-refractivity contribution is -0.117. The third-order valence-corrected chi connectivity index (χ3v) is 2.33. The van der Waals surface area contributed by atoms with E-state index in [2.05, 4.69) is 6.92 Å². The van der Waals surface area contributed by atoms with Crippen molar-refractivity contribution < 1.29 is 9.53 Å². The van der Waals surface area contributed by atoms with Gasteiger partial charge in [-0.15, -0.1) is 0 Å². The molecule has 0 unspecified atom stereocenters. The highest BCUT2D eigenvalue weighted by atomic mass is 16.5. The van der Waals surface area contributed by atoms with Gasteiger partial charge in [-0.3, -0.25) is 4.79 Å². The molecule has 0 heterocycles. The van der Waals surface area contributed by atoms with Gasteiger partial charge in [-0.2, -0.15) is 0 Å². The van der Waals surface area contributed by atoms with Crippen LogP contribution in [0.25, 0.3) is 0 Å². The minimum Gasteiger partial charge on any atom is -0.377 e. The molecule has 88 valence electrons. The van der Waals surface area contributed by atoms with Gasteiger partial charge in [0.25, 0.3) is 0 Å². The monoisotopic (exact) mass is 221 g/mol. The minimum atomic E-state index is -0.303. The molecule has 2 N–H and O–H groups in total. The Morgan fingerprint density at radius 2 is 2.12 bits per heavy atom. The van der Waals surface area contributed by atoms with Crippen LogP contribution in [0.5, 0.6) is 0 Å². The summed E-state index contributed by atoms with van der Waals surface area (Å²) < 4.78 is 5.48. The van der Waals surface area contributed by atoms with E-state index in [0.29, 0.717) is 6.61 Å². The maximum atomic E-state index is 10.9. The molecular weight excluding hydrogens is 202 g/mol. The van der Waals surface area contributed by atoms with Crippen LogP contribution in [0.3, 0.4) is 0 Å². The zero-order valence-electron chi connectivity index (χ0n) is 9.95. The Balaban J connectivity index is 2.76. The summed E-state index contributed by atoms with van der Waals surface area (Å²) in [5, 5.41) is 0. The second-order valence-electron chi connectivity index (χ2n) is 3.97. The van der Waals surface area contributed by atoms with Crippen LogP contribution >= 0.6 is 0 Å². The van der Waals surface area contributed by atoms with Gasteiger partial charge in [-0.25, -0.2) is 0 Å². The molecule has 1 amide bonds. The Hall–Kier alpha value is -1.35. The minimum absolute atomic E-state index is 0.284. The average Bonchev–Trinajstić information content (AvgIpc) is 2.20. The van der Waals surface area contributed by atoms with Crippen molar-refractivity contribution in [3.8, 4) is 0 Å². The fourth-order valence-electron chi connectivity index (χ4n) is 1.57. The number of hydrogen-bond acceptors (Lipinski definition) is 2. The highest BCUT2D eigenvalue weighted by Crippen LogP contribution is 2.13. The van der Waals surface area contributed by atoms with Crippen LogP contribution < -0.4 is 5.73 Å². The van der Waals surface area contributed by atoms with Gasteiger partial charge in [0.2, 0.25) is 5.91 Å². The second kappa shape index (κ2) is 6.28. The summed E-state index contributed by atoms with van der Waals surface area (Å²) in [5.41, 5.74) is 8.38. The lowest BCUT2D eigenvalue weighted by atomic mass is 10.0. The number of hydrogen-bond donors (Lipinski definition) is 1. The summed E-state index contributed by atoms with van der Waals surface area (Å²) in [4.78, 5) is 10.9. The first-order valence-electron chi connectivity index (χ1n) is 5.58. The Morgan fingerprint density at radius 1 is 1.38 bits per heavy atom. The smallest absolute Gasteiger partial charge is 0.221 e. The van der Waals surface area contributed by atoms with Gasteiger partial charge in [0.05, 0.1) is 13.0 Å². The van der Waals surface area contributed by atoms with Crippen LogP contribution in [0, 0.1) is 6.92 Å². The van der Waals surface area contributed by atoms with Crippen molar-refractivity contribution in [2.75, 3.05) is 6.61 Å². The number of carbonyl (C=O) groups excluding carboxylic acids is 1. The van der Waals surface area contributed by atoms with E-state index in [-0.39, 0.29) is 12.3 Å². The molecule has 0 atom stereocenters. The van der Waals surface area contributed by atoms with Crippen molar-refractivity contribution in [2.45, 2.75) is 33.3 Å². The third-order valence-electron chi connectivity index (χ3n) is 2.33. The van der Waals surface area contributed by atoms with Crippen LogP contribution in [-0.2, 0) is 22.6 Å². The Kier molecular flexibility index (Phi) is 4.99. The molecule has 0 aliphatic carbocycles. The first-order valence-corrected chi connectivity index (χ1v) is 5.58. The van der Waals surface area contributed by atoms with Crippen LogP contribution in [-0.4, -0.2) is 12.5 Å². The van der Waals surface area contributed by atoms with Gasteiger partial charge in [-0.05, 0) is 24.5 Å². The predicted molar refractivity (Wildman–Crippen MR) is 64.0 cm³/mol. The van der Waals surface area contributed by atoms with Crippen molar-refractivity contribution in [1.29, 1.82) is 0 Å². The Labute approximate surface area is 96.6 Å². The SMILES string of the molecule is CCCOCc1ccc(C)cc1CC(N)=O. The standard InChI is InChI=1S/C13H19NO2/c1-3-6-16-9-11-5-4-10(2)7-12(11)8-13(14)15/h4-5,7H,3,6,8-9H2,1-2H3,(H2,14,15). The lowest BCUT2D eigenvalue weighted by Crippen LogP contribution is -2.15. The van der Waals surface area contributed by atoms with Gasteiger partial charge in [0, 0.05) is 6.61 Å². The van der Waals surface area contributed by atoms with Gasteiger partial charge in [-0.1, -0.05) is 30.7 Å². The van der Waals surface area contributed by atoms with Crippen molar-refractivity contribution in [3.05, 3.63) is 34.9 Å². The Morgan fingerprint density at radius 3 is 2.75 bits per heavy atom. The molecule has 0 spiro atoms. The number of ether oxygens (including phenoxy) is 1. The molecule has 3 nitrogen and oxygen atoms in total. The molecule has 0 aliphatic rings. The van der Waals surface area contributed by atoms with Crippen molar-refractivity contribution in [3.63, 3.8) is 0 Å². The van der Waals surface area contributed by atoms with Gasteiger partial charge in [0.1, 0.15) is 0 Å². The zero-order valence-corrected chi connectivity index (χ0v) is 9.95. The predicted octanol–water partition coefficient (Wildman–Crippen LogP) is 1.95. The summed E-state index contributed by atoms with van der Waals surface area (Å²) >= 11 is 0. The number of benzene rings is 1. The molecule has 0 fully saturated rings. The van der Waals surface area contributed by atoms with Crippen molar-refractivity contribution >= 4 is 5.91 Å². The van der Waals surface area contributed by atoms with E-state index < -0.39 is 0 Å². The molecule has 0 saturated heterocycles. The molecule has 16 heavy (non-hydrogen) atoms. The molecule has 0 aromatic heterocycles. The van der Waals surface area contributed by atoms with E-state index in [0.717, 1.165) is 29.7 Å². The molecule has 0 bridgehead atoms. The summed E-state index contributed by atoms with van der Waals surface area (Å²) in [6.45, 7) is 5.36. The van der Waals surface area contributed by atoms with Gasteiger partial charge in [0.15, 0.2) is 0 Å². The number of nitrogens with two attached hydrogens (primary N) is 1. The summed E-state index contributed by atoms with van der Waals surface area (Å²) in [5.74, 6) is -0.303. The van der Waals surface area contributed by atoms with E-state index in [1.165, 1.54) is 0 Å². The van der Waals surface area contributed by atoms with E-state index in [1.807, 2.05) is 25.1 Å². The summed E-state index contributed by atoms with van der Waals surface area (Å²) in [7, 11) is 0. The Bertz CT molecular complexity index is 361. The van der Waals surface area contributed by atoms with Crippen LogP contribution in [0.4, 0.5) is 0 Å². The van der Waals surface area contributed by atoms with E-state index in [9.17, 15) is 4.79 Å². The number of rotatable bonds is 6. The second-order valence-corrected chi connectivity index (χ2v) is 3.97. The quantitative estimate of drug-likeness (QED) is 0.746. The average molecular weight is 221 g/mol. The van der Waals surface area contributed by atoms with E-state index in [1.54, 1.807) is 0 Å². The van der Waals surface area contributed by atoms with Crippen molar-refractivity contribution in [2.24, 2.45) is 5.73 Å². The third kappa shape index (κ3) is 4.03. The summed E-state index contributed by atoms with van der Waals surface area (Å²) in [6, 6.07) is 6.02. The largest absolute Gasteiger partial charge is 0.377 e. The normalized spacial score (nSPS) is 10.4. The fourth-order valence-corrected chi connectivity index (χ4v) is 1.57. The van der Waals surface area contributed by atoms with Crippen LogP contribution in [0.15, 0.2) is 18.2 Å². The highest BCUT2D eigenvalue weighted by Gasteiger charge is 2.06. The lowest BCUT2D eigenvalue weighted by Gasteiger charge is -2.09. The maximum absolute atomic E-state index is 10.9. The topological polar surface area (TPSA) is 52.3 Å². The first kappa shape index (κ1) is 12.7. The molecule has 3 heteroatoms. The van der Waals surface area contributed by atoms with E-state index in [4.69, 9.17) is 10.5 Å². The molecule has 0 saturated carbocycles. The molecule has 0 radical (unpaired) electrons. The zero-order chi connectivity index (χ0) is 12.0. The molecule has 1 aromatic carbocycles. The molecule has 0 aliphatic heterocycles. The first-order chi connectivity index (χ1) is 7.63. The fraction of sp³-hybridized carbons (Fsp3) is 0.462. The van der Waals surface area contributed by atoms with Gasteiger partial charge >= 0.3 is 0 Å². The maximum Gasteiger partial charge on any atom is 0.221 e. The van der Waals surface area contributed by atoms with Crippen LogP contribution in [0.1, 0.15) is 30.0 Å². The molecule has 1 aromatic rings. The number of amides is 1. The highest BCUT2D eigenvalue weighted by molar-refractivity contribution is 5.77. The van der Waals surface area contributed by atoms with Gasteiger partial charge < -0.3 is 10.5 Å². The van der Waals surface area contributed by atoms with E-state index >= 15 is 0 Å². The molecule has 1 rings (SSSR count). The number of carbonyl (C=O) groups is 1. The van der Waals surface area contributed by atoms with Crippen molar-refractivity contribution in [1.82, 2.24) is 0 Å². The summed E-state index contributed by atoms with van der Waals surface area (Å²) in [6.07, 6.45) is 1.28. The van der Waals surface area contributed by atoms with Crippen LogP contribution in [0.2, 0.25) is 0 Å². The number of primary amides is 1.